The lowest BCUT2D eigenvalue weighted by molar-refractivity contribution is -0.197. The van der Waals surface area contributed by atoms with Gasteiger partial charge < -0.3 is 9.84 Å². The first-order valence-electron chi connectivity index (χ1n) is 10.6. The molecular formula is C22H34O4. The number of hydrogen-bond donors (Lipinski definition) is 1. The predicted octanol–water partition coefficient (Wildman–Crippen LogP) is 3.54. The van der Waals surface area contributed by atoms with Crippen molar-refractivity contribution in [2.45, 2.75) is 91.0 Å². The summed E-state index contributed by atoms with van der Waals surface area (Å²) in [6, 6.07) is 0. The van der Waals surface area contributed by atoms with Gasteiger partial charge in [0.25, 0.3) is 0 Å². The van der Waals surface area contributed by atoms with Crippen LogP contribution in [0.1, 0.15) is 72.6 Å². The summed E-state index contributed by atoms with van der Waals surface area (Å²) in [4.78, 5) is 25.9. The molecule has 146 valence electrons. The zero-order valence-electron chi connectivity index (χ0n) is 16.7. The van der Waals surface area contributed by atoms with Gasteiger partial charge in [0.15, 0.2) is 0 Å². The van der Waals surface area contributed by atoms with Crippen LogP contribution in [0.2, 0.25) is 0 Å². The van der Waals surface area contributed by atoms with E-state index in [2.05, 4.69) is 6.92 Å². The van der Waals surface area contributed by atoms with E-state index in [0.717, 1.165) is 25.7 Å². The fraction of sp³-hybridized carbons (Fsp3) is 0.909. The van der Waals surface area contributed by atoms with Crippen LogP contribution in [0.3, 0.4) is 0 Å². The molecule has 8 unspecified atom stereocenters. The molecule has 0 radical (unpaired) electrons. The van der Waals surface area contributed by atoms with Crippen molar-refractivity contribution in [1.29, 1.82) is 0 Å². The van der Waals surface area contributed by atoms with Crippen LogP contribution >= 0.6 is 0 Å². The first-order valence-corrected chi connectivity index (χ1v) is 10.6. The third-order valence-electron chi connectivity index (χ3n) is 8.52. The predicted molar refractivity (Wildman–Crippen MR) is 98.5 cm³/mol. The summed E-state index contributed by atoms with van der Waals surface area (Å²) in [7, 11) is 0. The standard InChI is InChI=1S/C22H34O4/c1-12(2)26-20-15-6-5-13-14-7-8-18(25)22(14,4)11-17(24)19(13)21(15,3)10-9-16(20)23/h12-16,19-20,23H,5-11H2,1-4H3. The average Bonchev–Trinajstić information content (AvgIpc) is 2.85. The van der Waals surface area contributed by atoms with Gasteiger partial charge in [-0.1, -0.05) is 13.8 Å². The zero-order valence-corrected chi connectivity index (χ0v) is 16.7. The number of fused-ring (bicyclic) bond motifs is 5. The van der Waals surface area contributed by atoms with Gasteiger partial charge in [-0.2, -0.15) is 0 Å². The maximum atomic E-state index is 13.3. The molecule has 0 aromatic rings. The monoisotopic (exact) mass is 362 g/mol. The van der Waals surface area contributed by atoms with Gasteiger partial charge in [0.2, 0.25) is 0 Å². The number of aliphatic hydroxyl groups excluding tert-OH is 1. The second-order valence-electron chi connectivity index (χ2n) is 10.2. The van der Waals surface area contributed by atoms with Crippen molar-refractivity contribution in [3.8, 4) is 0 Å². The van der Waals surface area contributed by atoms with E-state index < -0.39 is 11.5 Å². The summed E-state index contributed by atoms with van der Waals surface area (Å²) in [5.41, 5.74) is -0.519. The molecule has 0 heterocycles. The van der Waals surface area contributed by atoms with Gasteiger partial charge in [-0.15, -0.1) is 0 Å². The largest absolute Gasteiger partial charge is 0.390 e. The highest BCUT2D eigenvalue weighted by atomic mass is 16.5. The quantitative estimate of drug-likeness (QED) is 0.816. The van der Waals surface area contributed by atoms with Crippen molar-refractivity contribution < 1.29 is 19.4 Å². The third-order valence-corrected chi connectivity index (χ3v) is 8.52. The Hall–Kier alpha value is -0.740. The van der Waals surface area contributed by atoms with Crippen molar-refractivity contribution in [2.24, 2.45) is 34.5 Å². The van der Waals surface area contributed by atoms with Crippen LogP contribution in [0.4, 0.5) is 0 Å². The normalized spacial score (nSPS) is 51.2. The van der Waals surface area contributed by atoms with E-state index in [1.165, 1.54) is 0 Å². The van der Waals surface area contributed by atoms with Crippen LogP contribution in [-0.4, -0.2) is 35.0 Å². The van der Waals surface area contributed by atoms with E-state index in [1.807, 2.05) is 20.8 Å². The lowest BCUT2D eigenvalue weighted by atomic mass is 9.44. The number of ketones is 2. The molecule has 4 saturated carbocycles. The minimum atomic E-state index is -0.427. The average molecular weight is 363 g/mol. The molecule has 0 bridgehead atoms. The molecule has 0 spiro atoms. The summed E-state index contributed by atoms with van der Waals surface area (Å²) in [6.07, 6.45) is 5.11. The van der Waals surface area contributed by atoms with Crippen LogP contribution in [0.5, 0.6) is 0 Å². The van der Waals surface area contributed by atoms with Crippen LogP contribution in [0, 0.1) is 34.5 Å². The highest BCUT2D eigenvalue weighted by Crippen LogP contribution is 2.64. The molecule has 4 aliphatic rings. The van der Waals surface area contributed by atoms with Crippen molar-refractivity contribution in [3.63, 3.8) is 0 Å². The van der Waals surface area contributed by atoms with Gasteiger partial charge in [0, 0.05) is 24.2 Å². The molecule has 26 heavy (non-hydrogen) atoms. The summed E-state index contributed by atoms with van der Waals surface area (Å²) in [5.74, 6) is 1.59. The van der Waals surface area contributed by atoms with Crippen molar-refractivity contribution in [1.82, 2.24) is 0 Å². The lowest BCUT2D eigenvalue weighted by Crippen LogP contribution is -2.61. The van der Waals surface area contributed by atoms with E-state index in [9.17, 15) is 14.7 Å². The Balaban J connectivity index is 1.68. The molecule has 1 N–H and O–H groups in total. The number of carbonyl (C=O) groups excluding carboxylic acids is 2. The van der Waals surface area contributed by atoms with Gasteiger partial charge in [-0.05, 0) is 69.1 Å². The summed E-state index contributed by atoms with van der Waals surface area (Å²) in [6.45, 7) is 8.36. The minimum absolute atomic E-state index is 0.0380. The Kier molecular flexibility index (Phi) is 4.39. The molecule has 0 aliphatic heterocycles. The zero-order chi connectivity index (χ0) is 18.9. The van der Waals surface area contributed by atoms with E-state index in [-0.39, 0.29) is 29.5 Å². The Morgan fingerprint density at radius 3 is 2.50 bits per heavy atom. The van der Waals surface area contributed by atoms with Gasteiger partial charge in [0.05, 0.1) is 18.3 Å². The Bertz CT molecular complexity index is 613. The molecule has 4 rings (SSSR count). The maximum absolute atomic E-state index is 13.3. The van der Waals surface area contributed by atoms with Gasteiger partial charge in [0.1, 0.15) is 11.6 Å². The lowest BCUT2D eigenvalue weighted by Gasteiger charge is -2.60. The van der Waals surface area contributed by atoms with Gasteiger partial charge >= 0.3 is 0 Å². The fourth-order valence-electron chi connectivity index (χ4n) is 7.39. The molecule has 8 atom stereocenters. The van der Waals surface area contributed by atoms with Crippen molar-refractivity contribution >= 4 is 11.6 Å². The first-order chi connectivity index (χ1) is 12.2. The molecule has 4 fully saturated rings. The highest BCUT2D eigenvalue weighted by molar-refractivity contribution is 5.95. The number of aliphatic hydroxyl groups is 1. The minimum Gasteiger partial charge on any atom is -0.390 e. The molecule has 4 heteroatoms. The summed E-state index contributed by atoms with van der Waals surface area (Å²) < 4.78 is 6.16. The SMILES string of the molecule is CC(C)OC1C(O)CCC2(C)C1CCC1C3CCC(=O)C3(C)CC(=O)C12. The summed E-state index contributed by atoms with van der Waals surface area (Å²) >= 11 is 0. The Labute approximate surface area is 157 Å². The third kappa shape index (κ3) is 2.47. The van der Waals surface area contributed by atoms with Crippen molar-refractivity contribution in [2.75, 3.05) is 0 Å². The molecule has 0 aromatic heterocycles. The number of Topliss-reactive ketones (excluding diaryl/α,β-unsaturated/α-hetero) is 2. The topological polar surface area (TPSA) is 63.6 Å². The number of carbonyl (C=O) groups is 2. The van der Waals surface area contributed by atoms with Gasteiger partial charge in [-0.25, -0.2) is 0 Å². The van der Waals surface area contributed by atoms with Gasteiger partial charge in [-0.3, -0.25) is 9.59 Å². The first kappa shape index (κ1) is 18.6. The number of ether oxygens (including phenoxy) is 1. The fourth-order valence-corrected chi connectivity index (χ4v) is 7.39. The molecule has 0 amide bonds. The maximum Gasteiger partial charge on any atom is 0.139 e. The molecule has 4 aliphatic carbocycles. The Morgan fingerprint density at radius 1 is 1.08 bits per heavy atom. The molecule has 0 aromatic carbocycles. The number of hydrogen-bond acceptors (Lipinski definition) is 4. The number of rotatable bonds is 2. The van der Waals surface area contributed by atoms with E-state index >= 15 is 0 Å². The van der Waals surface area contributed by atoms with E-state index in [4.69, 9.17) is 4.74 Å². The van der Waals surface area contributed by atoms with Crippen LogP contribution in [-0.2, 0) is 14.3 Å². The smallest absolute Gasteiger partial charge is 0.139 e. The Morgan fingerprint density at radius 2 is 1.81 bits per heavy atom. The molecule has 0 saturated heterocycles. The van der Waals surface area contributed by atoms with E-state index in [1.54, 1.807) is 0 Å². The van der Waals surface area contributed by atoms with Crippen molar-refractivity contribution in [3.05, 3.63) is 0 Å². The molecular weight excluding hydrogens is 328 g/mol. The second kappa shape index (κ2) is 6.13. The van der Waals surface area contributed by atoms with E-state index in [0.29, 0.717) is 42.7 Å². The summed E-state index contributed by atoms with van der Waals surface area (Å²) in [5, 5.41) is 10.6. The van der Waals surface area contributed by atoms with Crippen LogP contribution in [0.15, 0.2) is 0 Å². The van der Waals surface area contributed by atoms with Crippen LogP contribution in [0.25, 0.3) is 0 Å². The molecule has 4 nitrogen and oxygen atoms in total. The second-order valence-corrected chi connectivity index (χ2v) is 10.2. The highest BCUT2D eigenvalue weighted by Gasteiger charge is 2.64. The van der Waals surface area contributed by atoms with Crippen LogP contribution < -0.4 is 0 Å².